The van der Waals surface area contributed by atoms with Gasteiger partial charge in [-0.1, -0.05) is 38.9 Å². The number of rotatable bonds is 9. The van der Waals surface area contributed by atoms with E-state index in [4.69, 9.17) is 4.42 Å². The van der Waals surface area contributed by atoms with Gasteiger partial charge < -0.3 is 4.42 Å². The van der Waals surface area contributed by atoms with Crippen molar-refractivity contribution in [2.45, 2.75) is 58.3 Å². The van der Waals surface area contributed by atoms with Crippen molar-refractivity contribution >= 4 is 21.9 Å². The van der Waals surface area contributed by atoms with Crippen LogP contribution in [0.1, 0.15) is 62.0 Å². The van der Waals surface area contributed by atoms with Crippen LogP contribution in [0, 0.1) is 11.8 Å². The zero-order valence-corrected chi connectivity index (χ0v) is 22.1. The molecule has 4 rings (SSSR count). The van der Waals surface area contributed by atoms with Crippen molar-refractivity contribution in [2.24, 2.45) is 11.8 Å². The molecule has 1 aliphatic carbocycles. The van der Waals surface area contributed by atoms with E-state index in [0.29, 0.717) is 24.5 Å². The van der Waals surface area contributed by atoms with Gasteiger partial charge in [0.15, 0.2) is 0 Å². The van der Waals surface area contributed by atoms with Crippen LogP contribution in [0.5, 0.6) is 0 Å². The quantitative estimate of drug-likeness (QED) is 0.426. The summed E-state index contributed by atoms with van der Waals surface area (Å²) in [5.41, 5.74) is 3.78. The van der Waals surface area contributed by atoms with E-state index < -0.39 is 15.9 Å². The van der Waals surface area contributed by atoms with E-state index in [1.165, 1.54) is 52.5 Å². The third kappa shape index (κ3) is 6.02. The summed E-state index contributed by atoms with van der Waals surface area (Å²) in [6.45, 7) is 8.84. The van der Waals surface area contributed by atoms with Crippen molar-refractivity contribution in [3.8, 4) is 11.5 Å². The molecule has 0 bridgehead atoms. The Morgan fingerprint density at radius 3 is 2.22 bits per heavy atom. The number of carbonyl (C=O) groups is 1. The predicted octanol–water partition coefficient (Wildman–Crippen LogP) is 5.17. The van der Waals surface area contributed by atoms with Gasteiger partial charge in [-0.25, -0.2) is 8.42 Å². The monoisotopic (exact) mass is 510 g/mol. The van der Waals surface area contributed by atoms with Crippen LogP contribution >= 0.6 is 0 Å². The van der Waals surface area contributed by atoms with Crippen LogP contribution in [-0.2, 0) is 22.9 Å². The molecule has 9 heteroatoms. The maximum absolute atomic E-state index is 13.2. The second kappa shape index (κ2) is 10.9. The second-order valence-electron chi connectivity index (χ2n) is 10.2. The fourth-order valence-electron chi connectivity index (χ4n) is 4.44. The normalized spacial score (nSPS) is 13.9. The maximum Gasteiger partial charge on any atom is 0.322 e. The third-order valence-electron chi connectivity index (χ3n) is 6.13. The first-order chi connectivity index (χ1) is 17.1. The minimum absolute atomic E-state index is 0.00976. The number of nitrogens with one attached hydrogen (secondary N) is 1. The number of carbonyl (C=O) groups excluding carboxylic acids is 1. The van der Waals surface area contributed by atoms with Crippen LogP contribution in [0.2, 0.25) is 0 Å². The molecule has 8 nitrogen and oxygen atoms in total. The molecule has 0 radical (unpaired) electrons. The number of aryl methyl sites for hydroxylation is 2. The Labute approximate surface area is 213 Å². The standard InChI is InChI=1S/C27H34N4O4S/c1-18(2)16-31(17-19(3)4)36(33,34)24-13-11-21(12-14-24)25(32)28-27-30-29-26(35-27)23-10-9-20-7-5-6-8-22(20)15-23/h9-15,18-19H,5-8,16-17H2,1-4H3,(H,28,30,32). The molecule has 1 N–H and O–H groups in total. The number of benzene rings is 2. The number of anilines is 1. The summed E-state index contributed by atoms with van der Waals surface area (Å²) < 4.78 is 33.6. The first-order valence-electron chi connectivity index (χ1n) is 12.5. The highest BCUT2D eigenvalue weighted by molar-refractivity contribution is 7.89. The summed E-state index contributed by atoms with van der Waals surface area (Å²) >= 11 is 0. The van der Waals surface area contributed by atoms with Crippen LogP contribution < -0.4 is 5.32 Å². The van der Waals surface area contributed by atoms with Gasteiger partial charge in [0.1, 0.15) is 0 Å². The van der Waals surface area contributed by atoms with Crippen LogP contribution in [0.3, 0.4) is 0 Å². The van der Waals surface area contributed by atoms with Gasteiger partial charge >= 0.3 is 6.01 Å². The highest BCUT2D eigenvalue weighted by atomic mass is 32.2. The third-order valence-corrected chi connectivity index (χ3v) is 7.98. The van der Waals surface area contributed by atoms with Crippen LogP contribution in [0.15, 0.2) is 51.8 Å². The van der Waals surface area contributed by atoms with Gasteiger partial charge in [-0.15, -0.1) is 5.10 Å². The van der Waals surface area contributed by atoms with Gasteiger partial charge in [-0.2, -0.15) is 4.31 Å². The summed E-state index contributed by atoms with van der Waals surface area (Å²) in [4.78, 5) is 12.9. The Hall–Kier alpha value is -3.04. The number of hydrogen-bond donors (Lipinski definition) is 1. The summed E-state index contributed by atoms with van der Waals surface area (Å²) in [5, 5.41) is 10.6. The second-order valence-corrected chi connectivity index (χ2v) is 12.1. The van der Waals surface area contributed by atoms with Crippen LogP contribution in [0.25, 0.3) is 11.5 Å². The van der Waals surface area contributed by atoms with Gasteiger partial charge in [0.25, 0.3) is 5.91 Å². The van der Waals surface area contributed by atoms with Gasteiger partial charge in [-0.3, -0.25) is 10.1 Å². The maximum atomic E-state index is 13.2. The average Bonchev–Trinajstić information content (AvgIpc) is 3.31. The molecule has 0 fully saturated rings. The zero-order valence-electron chi connectivity index (χ0n) is 21.3. The molecule has 1 aliphatic rings. The molecule has 0 unspecified atom stereocenters. The molecular weight excluding hydrogens is 476 g/mol. The number of fused-ring (bicyclic) bond motifs is 1. The highest BCUT2D eigenvalue weighted by Crippen LogP contribution is 2.28. The topological polar surface area (TPSA) is 105 Å². The molecule has 0 spiro atoms. The van der Waals surface area contributed by atoms with Crippen molar-refractivity contribution in [1.29, 1.82) is 0 Å². The van der Waals surface area contributed by atoms with E-state index >= 15 is 0 Å². The SMILES string of the molecule is CC(C)CN(CC(C)C)S(=O)(=O)c1ccc(C(=O)Nc2nnc(-c3ccc4c(c3)CCCC4)o2)cc1. The fraction of sp³-hybridized carbons (Fsp3) is 0.444. The lowest BCUT2D eigenvalue weighted by Gasteiger charge is -2.25. The van der Waals surface area contributed by atoms with Gasteiger partial charge in [0.05, 0.1) is 4.90 Å². The van der Waals surface area contributed by atoms with Gasteiger partial charge in [0.2, 0.25) is 15.9 Å². The van der Waals surface area contributed by atoms with Crippen molar-refractivity contribution in [1.82, 2.24) is 14.5 Å². The predicted molar refractivity (Wildman–Crippen MR) is 139 cm³/mol. The lowest BCUT2D eigenvalue weighted by molar-refractivity contribution is 0.102. The Kier molecular flexibility index (Phi) is 7.90. The number of hydrogen-bond acceptors (Lipinski definition) is 6. The van der Waals surface area contributed by atoms with E-state index in [1.54, 1.807) is 0 Å². The summed E-state index contributed by atoms with van der Waals surface area (Å²) in [6.07, 6.45) is 4.52. The van der Waals surface area contributed by atoms with E-state index in [9.17, 15) is 13.2 Å². The van der Waals surface area contributed by atoms with Crippen LogP contribution in [0.4, 0.5) is 6.01 Å². The Morgan fingerprint density at radius 1 is 0.944 bits per heavy atom. The summed E-state index contributed by atoms with van der Waals surface area (Å²) in [5.74, 6) is 0.282. The first kappa shape index (κ1) is 26.0. The van der Waals surface area contributed by atoms with Crippen molar-refractivity contribution in [2.75, 3.05) is 18.4 Å². The smallest absolute Gasteiger partial charge is 0.322 e. The van der Waals surface area contributed by atoms with E-state index in [2.05, 4.69) is 27.6 Å². The number of amides is 1. The number of sulfonamides is 1. The van der Waals surface area contributed by atoms with Crippen molar-refractivity contribution < 1.29 is 17.6 Å². The van der Waals surface area contributed by atoms with E-state index in [0.717, 1.165) is 18.4 Å². The minimum atomic E-state index is -3.67. The van der Waals surface area contributed by atoms with Crippen molar-refractivity contribution in [3.63, 3.8) is 0 Å². The summed E-state index contributed by atoms with van der Waals surface area (Å²) in [6, 6.07) is 12.0. The molecule has 2 aromatic carbocycles. The lowest BCUT2D eigenvalue weighted by atomic mass is 9.90. The molecule has 1 aromatic heterocycles. The molecule has 0 saturated heterocycles. The minimum Gasteiger partial charge on any atom is -0.403 e. The molecule has 192 valence electrons. The molecule has 1 heterocycles. The number of aromatic nitrogens is 2. The highest BCUT2D eigenvalue weighted by Gasteiger charge is 2.26. The Bertz CT molecular complexity index is 1300. The first-order valence-corrected chi connectivity index (χ1v) is 13.9. The molecule has 36 heavy (non-hydrogen) atoms. The lowest BCUT2D eigenvalue weighted by Crippen LogP contribution is -2.37. The zero-order chi connectivity index (χ0) is 25.9. The molecule has 0 atom stereocenters. The molecule has 0 aliphatic heterocycles. The van der Waals surface area contributed by atoms with E-state index in [-0.39, 0.29) is 22.7 Å². The molecule has 0 saturated carbocycles. The summed E-state index contributed by atoms with van der Waals surface area (Å²) in [7, 11) is -3.67. The molecular formula is C27H34N4O4S. The molecule has 1 amide bonds. The van der Waals surface area contributed by atoms with Gasteiger partial charge in [0, 0.05) is 24.2 Å². The number of nitrogens with zero attached hydrogens (tertiary/aromatic N) is 3. The largest absolute Gasteiger partial charge is 0.403 e. The van der Waals surface area contributed by atoms with Crippen molar-refractivity contribution in [3.05, 3.63) is 59.2 Å². The van der Waals surface area contributed by atoms with Gasteiger partial charge in [-0.05, 0) is 85.0 Å². The van der Waals surface area contributed by atoms with E-state index in [1.807, 2.05) is 33.8 Å². The fourth-order valence-corrected chi connectivity index (χ4v) is 6.21. The average molecular weight is 511 g/mol. The Balaban J connectivity index is 1.45. The Morgan fingerprint density at radius 2 is 1.58 bits per heavy atom. The molecule has 3 aromatic rings. The van der Waals surface area contributed by atoms with Crippen LogP contribution in [-0.4, -0.2) is 41.9 Å².